The topological polar surface area (TPSA) is 92.3 Å². The molecule has 0 saturated carbocycles. The average Bonchev–Trinajstić information content (AvgIpc) is 3.34. The number of rotatable bonds is 7. The van der Waals surface area contributed by atoms with Crippen LogP contribution in [0.1, 0.15) is 18.5 Å². The van der Waals surface area contributed by atoms with Crippen molar-refractivity contribution in [3.05, 3.63) is 66.4 Å². The molecule has 166 valence electrons. The van der Waals surface area contributed by atoms with Crippen LogP contribution in [0, 0.1) is 6.92 Å². The molecule has 0 aliphatic carbocycles. The Labute approximate surface area is 192 Å². The van der Waals surface area contributed by atoms with E-state index in [0.29, 0.717) is 23.9 Å². The molecular weight excluding hydrogens is 444 g/mol. The molecule has 2 heterocycles. The number of nitrogens with zero attached hydrogens (tertiary/aromatic N) is 3. The van der Waals surface area contributed by atoms with Crippen LogP contribution in [0.5, 0.6) is 0 Å². The number of nitrogens with one attached hydrogen (secondary N) is 1. The van der Waals surface area contributed by atoms with E-state index in [2.05, 4.69) is 15.3 Å². The van der Waals surface area contributed by atoms with Crippen LogP contribution in [0.2, 0.25) is 0 Å². The fourth-order valence-corrected chi connectivity index (χ4v) is 5.70. The second kappa shape index (κ2) is 9.81. The summed E-state index contributed by atoms with van der Waals surface area (Å²) >= 11 is 1.26. The first-order valence-electron chi connectivity index (χ1n) is 10.4. The largest absolute Gasteiger partial charge is 0.325 e. The summed E-state index contributed by atoms with van der Waals surface area (Å²) < 4.78 is 26.7. The highest BCUT2D eigenvalue weighted by molar-refractivity contribution is 7.99. The van der Waals surface area contributed by atoms with Crippen molar-refractivity contribution < 1.29 is 13.2 Å². The molecule has 1 fully saturated rings. The van der Waals surface area contributed by atoms with Gasteiger partial charge in [0.2, 0.25) is 15.9 Å². The maximum absolute atomic E-state index is 12.6. The van der Waals surface area contributed by atoms with Crippen LogP contribution >= 0.6 is 11.8 Å². The van der Waals surface area contributed by atoms with Gasteiger partial charge in [0.15, 0.2) is 5.16 Å². The van der Waals surface area contributed by atoms with Gasteiger partial charge in [-0.15, -0.1) is 0 Å². The lowest BCUT2D eigenvalue weighted by Gasteiger charge is -2.15. The van der Waals surface area contributed by atoms with E-state index in [9.17, 15) is 13.2 Å². The third-order valence-electron chi connectivity index (χ3n) is 5.08. The smallest absolute Gasteiger partial charge is 0.243 e. The predicted molar refractivity (Wildman–Crippen MR) is 126 cm³/mol. The standard InChI is InChI=1S/C23H24N4O3S2/c1-17-15-21(18-7-3-2-4-8-18)26-23(24-17)31-16-22(28)25-19-9-11-20(12-10-19)32(29,30)27-13-5-6-14-27/h2-4,7-12,15H,5-6,13-14,16H2,1H3,(H,25,28). The van der Waals surface area contributed by atoms with E-state index in [1.54, 1.807) is 12.1 Å². The van der Waals surface area contributed by atoms with Crippen LogP contribution in [0.3, 0.4) is 0 Å². The van der Waals surface area contributed by atoms with Gasteiger partial charge in [-0.3, -0.25) is 4.79 Å². The minimum Gasteiger partial charge on any atom is -0.325 e. The van der Waals surface area contributed by atoms with Gasteiger partial charge >= 0.3 is 0 Å². The molecule has 7 nitrogen and oxygen atoms in total. The summed E-state index contributed by atoms with van der Waals surface area (Å²) in [4.78, 5) is 21.6. The Morgan fingerprint density at radius 3 is 2.41 bits per heavy atom. The number of carbonyl (C=O) groups excluding carboxylic acids is 1. The van der Waals surface area contributed by atoms with E-state index in [0.717, 1.165) is 29.8 Å². The van der Waals surface area contributed by atoms with E-state index in [1.165, 1.54) is 28.2 Å². The van der Waals surface area contributed by atoms with Gasteiger partial charge in [0.25, 0.3) is 0 Å². The third-order valence-corrected chi connectivity index (χ3v) is 7.84. The highest BCUT2D eigenvalue weighted by atomic mass is 32.2. The molecule has 0 spiro atoms. The summed E-state index contributed by atoms with van der Waals surface area (Å²) in [5.41, 5.74) is 3.19. The first kappa shape index (κ1) is 22.4. The lowest BCUT2D eigenvalue weighted by molar-refractivity contribution is -0.113. The van der Waals surface area contributed by atoms with Crippen molar-refractivity contribution in [2.75, 3.05) is 24.2 Å². The molecule has 32 heavy (non-hydrogen) atoms. The number of benzene rings is 2. The van der Waals surface area contributed by atoms with Crippen molar-refractivity contribution in [3.8, 4) is 11.3 Å². The van der Waals surface area contributed by atoms with Crippen molar-refractivity contribution in [2.24, 2.45) is 0 Å². The SMILES string of the molecule is Cc1cc(-c2ccccc2)nc(SCC(=O)Nc2ccc(S(=O)(=O)N3CCCC3)cc2)n1. The second-order valence-corrected chi connectivity index (χ2v) is 10.4. The fraction of sp³-hybridized carbons (Fsp3) is 0.261. The van der Waals surface area contributed by atoms with Crippen LogP contribution in [-0.2, 0) is 14.8 Å². The summed E-state index contributed by atoms with van der Waals surface area (Å²) in [6.07, 6.45) is 1.78. The van der Waals surface area contributed by atoms with Gasteiger partial charge in [0.1, 0.15) is 0 Å². The first-order chi connectivity index (χ1) is 15.4. The molecule has 0 unspecified atom stereocenters. The molecule has 9 heteroatoms. The minimum atomic E-state index is -3.46. The highest BCUT2D eigenvalue weighted by Gasteiger charge is 2.26. The lowest BCUT2D eigenvalue weighted by Crippen LogP contribution is -2.27. The van der Waals surface area contributed by atoms with E-state index >= 15 is 0 Å². The number of aryl methyl sites for hydroxylation is 1. The van der Waals surface area contributed by atoms with Gasteiger partial charge in [-0.05, 0) is 50.1 Å². The van der Waals surface area contributed by atoms with Crippen molar-refractivity contribution in [3.63, 3.8) is 0 Å². The Kier molecular flexibility index (Phi) is 6.88. The van der Waals surface area contributed by atoms with Crippen molar-refractivity contribution in [2.45, 2.75) is 29.8 Å². The molecule has 1 aliphatic rings. The van der Waals surface area contributed by atoms with E-state index < -0.39 is 10.0 Å². The normalized spacial score (nSPS) is 14.4. The molecule has 0 radical (unpaired) electrons. The number of carbonyl (C=O) groups is 1. The van der Waals surface area contributed by atoms with Crippen LogP contribution in [0.15, 0.2) is 70.7 Å². The van der Waals surface area contributed by atoms with Gasteiger partial charge in [0.05, 0.1) is 16.3 Å². The summed E-state index contributed by atoms with van der Waals surface area (Å²) in [6, 6.07) is 18.0. The minimum absolute atomic E-state index is 0.144. The first-order valence-corrected chi connectivity index (χ1v) is 12.8. The fourth-order valence-electron chi connectivity index (χ4n) is 3.48. The average molecular weight is 469 g/mol. The van der Waals surface area contributed by atoms with Crippen LogP contribution in [0.4, 0.5) is 5.69 Å². The zero-order valence-electron chi connectivity index (χ0n) is 17.7. The molecule has 2 aromatic carbocycles. The zero-order chi connectivity index (χ0) is 22.6. The number of aromatic nitrogens is 2. The molecule has 1 N–H and O–H groups in total. The molecule has 3 aromatic rings. The van der Waals surface area contributed by atoms with E-state index in [-0.39, 0.29) is 16.6 Å². The van der Waals surface area contributed by atoms with Gasteiger partial charge < -0.3 is 5.32 Å². The second-order valence-electron chi connectivity index (χ2n) is 7.52. The molecule has 0 atom stereocenters. The summed E-state index contributed by atoms with van der Waals surface area (Å²) in [5, 5.41) is 3.33. The zero-order valence-corrected chi connectivity index (χ0v) is 19.3. The highest BCUT2D eigenvalue weighted by Crippen LogP contribution is 2.24. The Hall–Kier alpha value is -2.75. The number of anilines is 1. The number of sulfonamides is 1. The monoisotopic (exact) mass is 468 g/mol. The number of thioether (sulfide) groups is 1. The number of hydrogen-bond donors (Lipinski definition) is 1. The van der Waals surface area contributed by atoms with Crippen molar-refractivity contribution >= 4 is 33.4 Å². The maximum atomic E-state index is 12.6. The molecule has 1 saturated heterocycles. The molecule has 1 aromatic heterocycles. The molecule has 1 amide bonds. The van der Waals surface area contributed by atoms with Crippen LogP contribution in [0.25, 0.3) is 11.3 Å². The van der Waals surface area contributed by atoms with Gasteiger partial charge in [-0.2, -0.15) is 4.31 Å². The summed E-state index contributed by atoms with van der Waals surface area (Å²) in [6.45, 7) is 3.02. The quantitative estimate of drug-likeness (QED) is 0.417. The van der Waals surface area contributed by atoms with Crippen molar-refractivity contribution in [1.82, 2.24) is 14.3 Å². The predicted octanol–water partition coefficient (Wildman–Crippen LogP) is 3.97. The van der Waals surface area contributed by atoms with Gasteiger partial charge in [-0.1, -0.05) is 42.1 Å². The van der Waals surface area contributed by atoms with Gasteiger partial charge in [-0.25, -0.2) is 18.4 Å². The van der Waals surface area contributed by atoms with Crippen LogP contribution in [-0.4, -0.2) is 47.4 Å². The summed E-state index contributed by atoms with van der Waals surface area (Å²) in [7, 11) is -3.46. The Balaban J connectivity index is 1.37. The van der Waals surface area contributed by atoms with Gasteiger partial charge in [0, 0.05) is 30.0 Å². The summed E-state index contributed by atoms with van der Waals surface area (Å²) in [5.74, 6) is -0.0672. The Morgan fingerprint density at radius 1 is 1.03 bits per heavy atom. The molecule has 4 rings (SSSR count). The number of amides is 1. The molecule has 1 aliphatic heterocycles. The van der Waals surface area contributed by atoms with E-state index in [1.807, 2.05) is 43.3 Å². The van der Waals surface area contributed by atoms with E-state index in [4.69, 9.17) is 0 Å². The lowest BCUT2D eigenvalue weighted by atomic mass is 10.1. The maximum Gasteiger partial charge on any atom is 0.243 e. The number of hydrogen-bond acceptors (Lipinski definition) is 6. The molecule has 0 bridgehead atoms. The Bertz CT molecular complexity index is 1190. The van der Waals surface area contributed by atoms with Crippen molar-refractivity contribution in [1.29, 1.82) is 0 Å². The Morgan fingerprint density at radius 2 is 1.72 bits per heavy atom. The third kappa shape index (κ3) is 5.35. The molecular formula is C23H24N4O3S2. The van der Waals surface area contributed by atoms with Crippen LogP contribution < -0.4 is 5.32 Å².